The van der Waals surface area contributed by atoms with Gasteiger partial charge >= 0.3 is 0 Å². The van der Waals surface area contributed by atoms with Gasteiger partial charge < -0.3 is 20.3 Å². The van der Waals surface area contributed by atoms with Gasteiger partial charge in [0.05, 0.1) is 18.8 Å². The number of hydrogen-bond acceptors (Lipinski definition) is 6. The molecule has 0 bridgehead atoms. The molecule has 4 rings (SSSR count). The van der Waals surface area contributed by atoms with Crippen molar-refractivity contribution in [2.24, 2.45) is 0 Å². The minimum atomic E-state index is -0.802. The Balaban J connectivity index is 1.70. The number of benzene rings is 1. The van der Waals surface area contributed by atoms with E-state index in [1.54, 1.807) is 24.3 Å². The number of aliphatic hydroxyl groups is 1. The Hall–Kier alpha value is -3.10. The van der Waals surface area contributed by atoms with E-state index in [2.05, 4.69) is 15.3 Å². The molecule has 1 aromatic carbocycles. The first-order valence-electron chi connectivity index (χ1n) is 9.30. The van der Waals surface area contributed by atoms with Gasteiger partial charge in [0.25, 0.3) is 5.91 Å². The predicted octanol–water partition coefficient (Wildman–Crippen LogP) is 1.94. The van der Waals surface area contributed by atoms with Crippen LogP contribution in [0.4, 0.5) is 4.39 Å². The minimum Gasteiger partial charge on any atom is -0.493 e. The second-order valence-corrected chi connectivity index (χ2v) is 7.01. The fourth-order valence-corrected chi connectivity index (χ4v) is 3.47. The zero-order chi connectivity index (χ0) is 20.4. The number of halogens is 1. The second-order valence-electron chi connectivity index (χ2n) is 7.01. The van der Waals surface area contributed by atoms with E-state index in [1.165, 1.54) is 18.3 Å². The number of fused-ring (bicyclic) bond motifs is 1. The van der Waals surface area contributed by atoms with Crippen LogP contribution in [0.2, 0.25) is 0 Å². The van der Waals surface area contributed by atoms with E-state index in [0.717, 1.165) is 5.56 Å². The molecule has 3 aromatic rings. The third-order valence-electron chi connectivity index (χ3n) is 4.96. The molecule has 1 aliphatic heterocycles. The van der Waals surface area contributed by atoms with Gasteiger partial charge in [-0.05, 0) is 42.2 Å². The number of pyridine rings is 2. The molecule has 1 fully saturated rings. The summed E-state index contributed by atoms with van der Waals surface area (Å²) in [4.78, 5) is 20.8. The molecule has 0 aliphatic carbocycles. The van der Waals surface area contributed by atoms with Gasteiger partial charge in [0.15, 0.2) is 0 Å². The highest BCUT2D eigenvalue weighted by atomic mass is 19.1. The molecule has 150 valence electrons. The van der Waals surface area contributed by atoms with E-state index in [-0.39, 0.29) is 23.7 Å². The Morgan fingerprint density at radius 3 is 2.97 bits per heavy atom. The van der Waals surface area contributed by atoms with Crippen LogP contribution >= 0.6 is 0 Å². The average molecular weight is 397 g/mol. The number of amides is 1. The number of aliphatic hydroxyl groups excluding tert-OH is 1. The van der Waals surface area contributed by atoms with E-state index in [0.29, 0.717) is 30.4 Å². The summed E-state index contributed by atoms with van der Waals surface area (Å²) in [5.41, 5.74) is 1.62. The number of hydrogen-bond donors (Lipinski definition) is 3. The molecular weight excluding hydrogens is 377 g/mol. The van der Waals surface area contributed by atoms with E-state index >= 15 is 0 Å². The lowest BCUT2D eigenvalue weighted by molar-refractivity contribution is -0.0261. The summed E-state index contributed by atoms with van der Waals surface area (Å²) in [5.74, 6) is -1.12. The Morgan fingerprint density at radius 1 is 1.31 bits per heavy atom. The predicted molar refractivity (Wildman–Crippen MR) is 103 cm³/mol. The quantitative estimate of drug-likeness (QED) is 0.622. The van der Waals surface area contributed by atoms with Crippen molar-refractivity contribution in [2.45, 2.75) is 25.0 Å². The van der Waals surface area contributed by atoms with Crippen LogP contribution in [-0.4, -0.2) is 51.4 Å². The van der Waals surface area contributed by atoms with Crippen molar-refractivity contribution in [2.75, 3.05) is 13.2 Å². The van der Waals surface area contributed by atoms with Crippen LogP contribution in [0, 0.1) is 5.82 Å². The summed E-state index contributed by atoms with van der Waals surface area (Å²) in [6.45, 7) is 0.597. The van der Waals surface area contributed by atoms with E-state index in [4.69, 9.17) is 4.74 Å². The maximum absolute atomic E-state index is 14.4. The SMILES string of the molecule is O=C(N[C@H]1CCOC[C@@H]1O)c1cc(Cc2ccnc(O)c2)c2cccc(F)c2n1. The third-order valence-corrected chi connectivity index (χ3v) is 4.96. The smallest absolute Gasteiger partial charge is 0.270 e. The van der Waals surface area contributed by atoms with Gasteiger partial charge in [0.2, 0.25) is 5.88 Å². The number of nitrogens with zero attached hydrogens (tertiary/aromatic N) is 2. The Labute approximate surface area is 166 Å². The summed E-state index contributed by atoms with van der Waals surface area (Å²) in [7, 11) is 0. The number of para-hydroxylation sites is 1. The molecule has 1 amide bonds. The summed E-state index contributed by atoms with van der Waals surface area (Å²) in [6.07, 6.45) is 1.52. The van der Waals surface area contributed by atoms with Gasteiger partial charge in [-0.2, -0.15) is 0 Å². The van der Waals surface area contributed by atoms with Crippen molar-refractivity contribution in [1.82, 2.24) is 15.3 Å². The van der Waals surface area contributed by atoms with Crippen molar-refractivity contribution in [3.05, 3.63) is 65.2 Å². The lowest BCUT2D eigenvalue weighted by Crippen LogP contribution is -2.48. The molecule has 1 saturated heterocycles. The number of nitrogens with one attached hydrogen (secondary N) is 1. The van der Waals surface area contributed by atoms with Crippen LogP contribution in [0.1, 0.15) is 28.0 Å². The summed E-state index contributed by atoms with van der Waals surface area (Å²) < 4.78 is 19.6. The van der Waals surface area contributed by atoms with Crippen LogP contribution in [-0.2, 0) is 11.2 Å². The first kappa shape index (κ1) is 19.2. The molecular formula is C21H20FN3O4. The van der Waals surface area contributed by atoms with Crippen LogP contribution in [0.5, 0.6) is 5.88 Å². The molecule has 0 unspecified atom stereocenters. The fourth-order valence-electron chi connectivity index (χ4n) is 3.47. The molecule has 29 heavy (non-hydrogen) atoms. The highest BCUT2D eigenvalue weighted by Gasteiger charge is 2.26. The molecule has 3 N–H and O–H groups in total. The number of carbonyl (C=O) groups is 1. The molecule has 0 saturated carbocycles. The number of aromatic hydroxyl groups is 1. The van der Waals surface area contributed by atoms with Crippen LogP contribution in [0.3, 0.4) is 0 Å². The topological polar surface area (TPSA) is 105 Å². The van der Waals surface area contributed by atoms with Gasteiger partial charge in [-0.15, -0.1) is 0 Å². The van der Waals surface area contributed by atoms with E-state index < -0.39 is 23.9 Å². The maximum Gasteiger partial charge on any atom is 0.270 e. The maximum atomic E-state index is 14.4. The monoisotopic (exact) mass is 397 g/mol. The van der Waals surface area contributed by atoms with Gasteiger partial charge in [0.1, 0.15) is 17.0 Å². The lowest BCUT2D eigenvalue weighted by atomic mass is 10.00. The molecule has 0 spiro atoms. The second kappa shape index (κ2) is 8.10. The zero-order valence-electron chi connectivity index (χ0n) is 15.5. The highest BCUT2D eigenvalue weighted by molar-refractivity contribution is 5.96. The Kier molecular flexibility index (Phi) is 5.37. The third kappa shape index (κ3) is 4.18. The van der Waals surface area contributed by atoms with Gasteiger partial charge in [-0.25, -0.2) is 14.4 Å². The lowest BCUT2D eigenvalue weighted by Gasteiger charge is -2.28. The molecule has 2 aromatic heterocycles. The normalized spacial score (nSPS) is 19.2. The summed E-state index contributed by atoms with van der Waals surface area (Å²) >= 11 is 0. The van der Waals surface area contributed by atoms with Crippen LogP contribution in [0.25, 0.3) is 10.9 Å². The first-order chi connectivity index (χ1) is 14.0. The minimum absolute atomic E-state index is 0.0644. The molecule has 3 heterocycles. The first-order valence-corrected chi connectivity index (χ1v) is 9.30. The largest absolute Gasteiger partial charge is 0.493 e. The van der Waals surface area contributed by atoms with Crippen LogP contribution in [0.15, 0.2) is 42.6 Å². The van der Waals surface area contributed by atoms with Gasteiger partial charge in [-0.1, -0.05) is 12.1 Å². The summed E-state index contributed by atoms with van der Waals surface area (Å²) in [6, 6.07) is 9.04. The van der Waals surface area contributed by atoms with Crippen molar-refractivity contribution >= 4 is 16.8 Å². The van der Waals surface area contributed by atoms with Gasteiger partial charge in [-0.3, -0.25) is 4.79 Å². The Morgan fingerprint density at radius 2 is 2.17 bits per heavy atom. The van der Waals surface area contributed by atoms with E-state index in [1.807, 2.05) is 0 Å². The van der Waals surface area contributed by atoms with E-state index in [9.17, 15) is 19.4 Å². The van der Waals surface area contributed by atoms with Crippen molar-refractivity contribution in [3.63, 3.8) is 0 Å². The van der Waals surface area contributed by atoms with Gasteiger partial charge in [0, 0.05) is 24.3 Å². The zero-order valence-corrected chi connectivity index (χ0v) is 15.5. The number of ether oxygens (including phenoxy) is 1. The standard InChI is InChI=1S/C21H20FN3O4/c22-15-3-1-2-14-13(8-12-4-6-23-19(27)9-12)10-17(24-20(14)15)21(28)25-16-5-7-29-11-18(16)26/h1-4,6,9-10,16,18,26H,5,7-8,11H2,(H,23,27)(H,25,28)/t16-,18-/m0/s1. The average Bonchev–Trinajstić information content (AvgIpc) is 2.70. The summed E-state index contributed by atoms with van der Waals surface area (Å²) in [5, 5.41) is 23.0. The molecule has 7 nitrogen and oxygen atoms in total. The van der Waals surface area contributed by atoms with Crippen LogP contribution < -0.4 is 5.32 Å². The molecule has 0 radical (unpaired) electrons. The molecule has 8 heteroatoms. The fraction of sp³-hybridized carbons (Fsp3) is 0.286. The van der Waals surface area contributed by atoms with Crippen molar-refractivity contribution in [3.8, 4) is 5.88 Å². The Bertz CT molecular complexity index is 1060. The number of aromatic nitrogens is 2. The number of carbonyl (C=O) groups excluding carboxylic acids is 1. The van der Waals surface area contributed by atoms with Crippen molar-refractivity contribution < 1.29 is 24.1 Å². The highest BCUT2D eigenvalue weighted by Crippen LogP contribution is 2.24. The van der Waals surface area contributed by atoms with Crippen molar-refractivity contribution in [1.29, 1.82) is 0 Å². The number of rotatable bonds is 4. The molecule has 1 aliphatic rings. The molecule has 2 atom stereocenters.